The molecule has 0 aromatic rings. The van der Waals surface area contributed by atoms with Crippen LogP contribution in [0.5, 0.6) is 0 Å². The van der Waals surface area contributed by atoms with Crippen molar-refractivity contribution in [2.24, 2.45) is 5.73 Å². The van der Waals surface area contributed by atoms with Crippen molar-refractivity contribution in [2.45, 2.75) is 6.04 Å². The zero-order chi connectivity index (χ0) is 5.86. The molecule has 0 rings (SSSR count). The lowest BCUT2D eigenvalue weighted by Crippen LogP contribution is -2.33. The third-order valence-electron chi connectivity index (χ3n) is 0.514. The molecule has 0 bridgehead atoms. The Labute approximate surface area is 40.6 Å². The van der Waals surface area contributed by atoms with Gasteiger partial charge in [-0.25, -0.2) is 0 Å². The summed E-state index contributed by atoms with van der Waals surface area (Å²) in [6.45, 7) is -0.505. The molecular formula is C3H7NO3. The van der Waals surface area contributed by atoms with Gasteiger partial charge in [0, 0.05) is 0 Å². The van der Waals surface area contributed by atoms with Gasteiger partial charge in [-0.3, -0.25) is 4.79 Å². The number of hydrogen-bond donors (Lipinski definition) is 3. The Balaban J connectivity index is 3.34. The molecule has 4 heteroatoms. The van der Waals surface area contributed by atoms with Crippen LogP contribution in [0.2, 0.25) is 0 Å². The maximum atomic E-state index is 9.65. The number of aliphatic hydroxyl groups excluding tert-OH is 1. The topological polar surface area (TPSA) is 83.5 Å². The average Bonchev–Trinajstić information content (AvgIpc) is 1.65. The molecule has 7 heavy (non-hydrogen) atoms. The quantitative estimate of drug-likeness (QED) is 0.371. The fourth-order valence-electron chi connectivity index (χ4n) is 0.0781. The Hall–Kier alpha value is -0.610. The number of carboxylic acids is 1. The molecule has 4 nitrogen and oxygen atoms in total. The van der Waals surface area contributed by atoms with Crippen molar-refractivity contribution in [3.05, 3.63) is 0 Å². The minimum absolute atomic E-state index is 0.505. The van der Waals surface area contributed by atoms with Gasteiger partial charge in [-0.1, -0.05) is 0 Å². The highest BCUT2D eigenvalue weighted by Crippen LogP contribution is 1.71. The lowest BCUT2D eigenvalue weighted by molar-refractivity contribution is -0.139. The van der Waals surface area contributed by atoms with Crippen LogP contribution >= 0.6 is 0 Å². The second-order valence-corrected chi connectivity index (χ2v) is 1.13. The summed E-state index contributed by atoms with van der Waals surface area (Å²) < 4.78 is 0. The van der Waals surface area contributed by atoms with Crippen LogP contribution in [0.15, 0.2) is 0 Å². The van der Waals surface area contributed by atoms with E-state index in [4.69, 9.17) is 15.9 Å². The van der Waals surface area contributed by atoms with Crippen molar-refractivity contribution >= 4 is 5.97 Å². The first-order chi connectivity index (χ1) is 3.18. The first kappa shape index (κ1) is 6.39. The number of rotatable bonds is 2. The van der Waals surface area contributed by atoms with E-state index in [1.165, 1.54) is 0 Å². The van der Waals surface area contributed by atoms with Crippen molar-refractivity contribution in [3.8, 4) is 0 Å². The van der Waals surface area contributed by atoms with E-state index in [0.717, 1.165) is 0 Å². The SMILES string of the molecule is N[13CH]([13CH2]O)[13C](=O)O. The molecule has 0 saturated carbocycles. The molecule has 0 saturated heterocycles. The van der Waals surface area contributed by atoms with Crippen molar-refractivity contribution in [1.29, 1.82) is 0 Å². The predicted octanol–water partition coefficient (Wildman–Crippen LogP) is -1.61. The number of carboxylic acid groups (broad SMARTS) is 1. The highest BCUT2D eigenvalue weighted by Gasteiger charge is 2.06. The molecule has 0 aromatic carbocycles. The molecule has 0 amide bonds. The minimum atomic E-state index is -1.18. The summed E-state index contributed by atoms with van der Waals surface area (Å²) in [5.41, 5.74) is 4.77. The maximum absolute atomic E-state index is 9.65. The predicted molar refractivity (Wildman–Crippen MR) is 22.7 cm³/mol. The van der Waals surface area contributed by atoms with Crippen LogP contribution in [0.25, 0.3) is 0 Å². The summed E-state index contributed by atoms with van der Waals surface area (Å²) in [5, 5.41) is 15.9. The lowest BCUT2D eigenvalue weighted by Gasteiger charge is -1.96. The van der Waals surface area contributed by atoms with Gasteiger partial charge in [0.1, 0.15) is 6.04 Å². The molecule has 1 atom stereocenters. The van der Waals surface area contributed by atoms with Crippen LogP contribution in [0, 0.1) is 0 Å². The number of hydrogen-bond acceptors (Lipinski definition) is 3. The standard InChI is InChI=1S/C3H7NO3/c4-2(1-5)3(6)7/h2,5H,1,4H2,(H,6,7)/i1+1,2+1,3+1. The summed E-state index contributed by atoms with van der Waals surface area (Å²) in [4.78, 5) is 9.65. The van der Waals surface area contributed by atoms with Gasteiger partial charge in [0.2, 0.25) is 0 Å². The van der Waals surface area contributed by atoms with Crippen LogP contribution in [0.3, 0.4) is 0 Å². The molecule has 4 N–H and O–H groups in total. The van der Waals surface area contributed by atoms with Gasteiger partial charge in [0.25, 0.3) is 0 Å². The second kappa shape index (κ2) is 2.54. The molecule has 0 aromatic heterocycles. The fraction of sp³-hybridized carbons (Fsp3) is 0.667. The summed E-state index contributed by atoms with van der Waals surface area (Å²) in [7, 11) is 0. The van der Waals surface area contributed by atoms with E-state index in [1.54, 1.807) is 0 Å². The van der Waals surface area contributed by atoms with Crippen molar-refractivity contribution in [3.63, 3.8) is 0 Å². The Morgan fingerprint density at radius 3 is 2.29 bits per heavy atom. The van der Waals surface area contributed by atoms with Gasteiger partial charge >= 0.3 is 5.97 Å². The molecule has 0 fully saturated rings. The first-order valence-electron chi connectivity index (χ1n) is 1.77. The highest BCUT2D eigenvalue weighted by molar-refractivity contribution is 5.73. The largest absolute Gasteiger partial charge is 0.480 e. The number of carbonyl (C=O) groups is 1. The van der Waals surface area contributed by atoms with Gasteiger partial charge in [-0.2, -0.15) is 0 Å². The molecule has 0 heterocycles. The molecule has 42 valence electrons. The molecule has 0 aliphatic rings. The minimum Gasteiger partial charge on any atom is -0.480 e. The first-order valence-corrected chi connectivity index (χ1v) is 1.77. The summed E-state index contributed by atoms with van der Waals surface area (Å²) in [6.07, 6.45) is 0. The van der Waals surface area contributed by atoms with E-state index in [0.29, 0.717) is 0 Å². The summed E-state index contributed by atoms with van der Waals surface area (Å²) >= 11 is 0. The van der Waals surface area contributed by atoms with E-state index < -0.39 is 18.6 Å². The monoisotopic (exact) mass is 108 g/mol. The molecule has 0 aliphatic carbocycles. The van der Waals surface area contributed by atoms with Gasteiger partial charge < -0.3 is 15.9 Å². The van der Waals surface area contributed by atoms with E-state index >= 15 is 0 Å². The molecule has 0 radical (unpaired) electrons. The Bertz CT molecular complexity index is 72.6. The molecular weight excluding hydrogens is 101 g/mol. The van der Waals surface area contributed by atoms with Crippen LogP contribution < -0.4 is 5.73 Å². The zero-order valence-corrected chi connectivity index (χ0v) is 3.66. The van der Waals surface area contributed by atoms with Crippen LogP contribution in [0.1, 0.15) is 0 Å². The third kappa shape index (κ3) is 2.13. The van der Waals surface area contributed by atoms with E-state index in [2.05, 4.69) is 0 Å². The molecule has 0 aliphatic heterocycles. The van der Waals surface area contributed by atoms with E-state index in [1.807, 2.05) is 0 Å². The molecule has 0 spiro atoms. The van der Waals surface area contributed by atoms with Gasteiger partial charge in [0.05, 0.1) is 6.61 Å². The number of nitrogens with two attached hydrogens (primary N) is 1. The van der Waals surface area contributed by atoms with Crippen molar-refractivity contribution in [2.75, 3.05) is 6.61 Å². The Kier molecular flexibility index (Phi) is 2.32. The van der Waals surface area contributed by atoms with Crippen molar-refractivity contribution in [1.82, 2.24) is 0 Å². The summed E-state index contributed by atoms with van der Waals surface area (Å²) in [6, 6.07) is -1.13. The van der Waals surface area contributed by atoms with Gasteiger partial charge in [-0.05, 0) is 0 Å². The third-order valence-corrected chi connectivity index (χ3v) is 0.514. The Morgan fingerprint density at radius 1 is 1.86 bits per heavy atom. The fourth-order valence-corrected chi connectivity index (χ4v) is 0.0781. The summed E-state index contributed by atoms with van der Waals surface area (Å²) in [5.74, 6) is -1.18. The normalized spacial score (nSPS) is 13.4. The van der Waals surface area contributed by atoms with Gasteiger partial charge in [0.15, 0.2) is 0 Å². The smallest absolute Gasteiger partial charge is 0.322 e. The van der Waals surface area contributed by atoms with Crippen LogP contribution in [-0.4, -0.2) is 28.8 Å². The lowest BCUT2D eigenvalue weighted by atomic mass is 11.3. The van der Waals surface area contributed by atoms with Gasteiger partial charge in [-0.15, -0.1) is 0 Å². The maximum Gasteiger partial charge on any atom is 0.322 e. The van der Waals surface area contributed by atoms with Crippen LogP contribution in [-0.2, 0) is 4.79 Å². The van der Waals surface area contributed by atoms with Crippen molar-refractivity contribution < 1.29 is 15.0 Å². The van der Waals surface area contributed by atoms with Crippen LogP contribution in [0.4, 0.5) is 0 Å². The number of aliphatic hydroxyl groups is 1. The van der Waals surface area contributed by atoms with E-state index in [-0.39, 0.29) is 0 Å². The van der Waals surface area contributed by atoms with E-state index in [9.17, 15) is 4.79 Å². The zero-order valence-electron chi connectivity index (χ0n) is 3.66. The average molecular weight is 108 g/mol. The Morgan fingerprint density at radius 2 is 2.29 bits per heavy atom. The number of aliphatic carboxylic acids is 1. The molecule has 1 unspecified atom stereocenters. The second-order valence-electron chi connectivity index (χ2n) is 1.13. The highest BCUT2D eigenvalue weighted by atomic mass is 16.5.